The minimum Gasteiger partial charge on any atom is -0.432 e. The number of carbonyl (C=O) groups is 2. The van der Waals surface area contributed by atoms with Gasteiger partial charge in [0.1, 0.15) is 0 Å². The second-order valence-electron chi connectivity index (χ2n) is 3.99. The number of hydrogen-bond acceptors (Lipinski definition) is 4. The molecule has 4 nitrogen and oxygen atoms in total. The summed E-state index contributed by atoms with van der Waals surface area (Å²) in [5.74, 6) is -0.471. The largest absolute Gasteiger partial charge is 0.432 e. The number of ketones is 1. The third-order valence-corrected chi connectivity index (χ3v) is 2.55. The first-order valence-corrected chi connectivity index (χ1v) is 5.93. The fraction of sp³-hybridized carbons (Fsp3) is 0.500. The first-order chi connectivity index (χ1) is 8.58. The lowest BCUT2D eigenvalue weighted by Gasteiger charge is -2.15. The van der Waals surface area contributed by atoms with Crippen molar-refractivity contribution in [1.29, 1.82) is 0 Å². The highest BCUT2D eigenvalue weighted by Gasteiger charge is 2.14. The highest BCUT2D eigenvalue weighted by atomic mass is 16.7. The maximum atomic E-state index is 11.8. The van der Waals surface area contributed by atoms with Crippen LogP contribution in [0, 0.1) is 0 Å². The van der Waals surface area contributed by atoms with Gasteiger partial charge in [-0.25, -0.2) is 4.79 Å². The molecule has 1 atom stereocenters. The van der Waals surface area contributed by atoms with E-state index in [0.29, 0.717) is 17.5 Å². The number of benzene rings is 1. The summed E-state index contributed by atoms with van der Waals surface area (Å²) in [4.78, 5) is 22.9. The van der Waals surface area contributed by atoms with Crippen LogP contribution in [0.3, 0.4) is 0 Å². The van der Waals surface area contributed by atoms with E-state index in [0.717, 1.165) is 6.42 Å². The Kier molecular flexibility index (Phi) is 10.5. The fourth-order valence-electron chi connectivity index (χ4n) is 1.49. The van der Waals surface area contributed by atoms with Gasteiger partial charge >= 0.3 is 5.97 Å². The Hall–Kier alpha value is -1.68. The third-order valence-electron chi connectivity index (χ3n) is 2.55. The van der Waals surface area contributed by atoms with Crippen molar-refractivity contribution < 1.29 is 19.1 Å². The molecule has 0 amide bonds. The number of rotatable bonds is 6. The van der Waals surface area contributed by atoms with Crippen molar-refractivity contribution in [2.45, 2.75) is 47.8 Å². The van der Waals surface area contributed by atoms with Crippen molar-refractivity contribution >= 4 is 11.8 Å². The Morgan fingerprint density at radius 2 is 1.60 bits per heavy atom. The Morgan fingerprint density at radius 1 is 1.10 bits per heavy atom. The van der Waals surface area contributed by atoms with E-state index in [2.05, 4.69) is 0 Å². The summed E-state index contributed by atoms with van der Waals surface area (Å²) in [6.45, 7) is 3.47. The molecule has 1 unspecified atom stereocenters. The van der Waals surface area contributed by atoms with Crippen molar-refractivity contribution in [2.75, 3.05) is 7.11 Å². The van der Waals surface area contributed by atoms with Gasteiger partial charge in [0.05, 0.1) is 5.56 Å². The third kappa shape index (κ3) is 5.97. The zero-order valence-corrected chi connectivity index (χ0v) is 10.9. The first kappa shape index (κ1) is 20.6. The van der Waals surface area contributed by atoms with E-state index < -0.39 is 12.3 Å². The number of esters is 1. The predicted octanol–water partition coefficient (Wildman–Crippen LogP) is 4.09. The summed E-state index contributed by atoms with van der Waals surface area (Å²) in [6.07, 6.45) is 1.01. The summed E-state index contributed by atoms with van der Waals surface area (Å²) in [7, 11) is 1.51. The number of ether oxygens (including phenoxy) is 2. The number of methoxy groups -OCH3 is 1. The lowest BCUT2D eigenvalue weighted by atomic mass is 10.1. The molecule has 0 saturated carbocycles. The molecule has 1 rings (SSSR count). The van der Waals surface area contributed by atoms with Crippen LogP contribution in [-0.2, 0) is 9.47 Å². The van der Waals surface area contributed by atoms with Crippen LogP contribution in [0.15, 0.2) is 24.3 Å². The van der Waals surface area contributed by atoms with E-state index in [1.165, 1.54) is 14.0 Å². The molecule has 0 aliphatic rings. The van der Waals surface area contributed by atoms with Crippen LogP contribution in [-0.4, -0.2) is 25.2 Å². The predicted molar refractivity (Wildman–Crippen MR) is 81.0 cm³/mol. The maximum Gasteiger partial charge on any atom is 0.340 e. The Bertz CT molecular complexity index is 409. The SMILES string of the molecule is C.C.CCCC(OC)OC(=O)c1ccc(C(C)=O)cc1. The minimum atomic E-state index is -0.519. The van der Waals surface area contributed by atoms with Crippen molar-refractivity contribution in [2.24, 2.45) is 0 Å². The van der Waals surface area contributed by atoms with E-state index >= 15 is 0 Å². The Balaban J connectivity index is 0. The molecule has 0 saturated heterocycles. The van der Waals surface area contributed by atoms with E-state index in [1.807, 2.05) is 6.92 Å². The maximum absolute atomic E-state index is 11.8. The van der Waals surface area contributed by atoms with Crippen LogP contribution < -0.4 is 0 Å². The number of Topliss-reactive ketones (excluding diaryl/α,β-unsaturated/α-hetero) is 1. The summed E-state index contributed by atoms with van der Waals surface area (Å²) in [5.41, 5.74) is 0.988. The van der Waals surface area contributed by atoms with E-state index in [4.69, 9.17) is 9.47 Å². The summed E-state index contributed by atoms with van der Waals surface area (Å²) >= 11 is 0. The van der Waals surface area contributed by atoms with Gasteiger partial charge in [-0.1, -0.05) is 40.3 Å². The quantitative estimate of drug-likeness (QED) is 0.448. The number of hydrogen-bond donors (Lipinski definition) is 0. The van der Waals surface area contributed by atoms with Gasteiger partial charge in [0.2, 0.25) is 6.29 Å². The normalized spacial score (nSPS) is 10.8. The topological polar surface area (TPSA) is 52.6 Å². The molecule has 0 spiro atoms. The lowest BCUT2D eigenvalue weighted by molar-refractivity contribution is -0.0933. The Labute approximate surface area is 122 Å². The van der Waals surface area contributed by atoms with Gasteiger partial charge in [0.15, 0.2) is 5.78 Å². The molecule has 0 bridgehead atoms. The highest BCUT2D eigenvalue weighted by Crippen LogP contribution is 2.10. The second kappa shape index (κ2) is 10.1. The van der Waals surface area contributed by atoms with Crippen LogP contribution in [0.2, 0.25) is 0 Å². The molecular formula is C16H26O4. The van der Waals surface area contributed by atoms with Gasteiger partial charge < -0.3 is 9.47 Å². The average Bonchev–Trinajstić information content (AvgIpc) is 2.38. The lowest BCUT2D eigenvalue weighted by Crippen LogP contribution is -2.20. The van der Waals surface area contributed by atoms with Crippen LogP contribution in [0.25, 0.3) is 0 Å². The first-order valence-electron chi connectivity index (χ1n) is 5.93. The molecule has 0 aliphatic heterocycles. The van der Waals surface area contributed by atoms with Gasteiger partial charge in [-0.05, 0) is 19.1 Å². The van der Waals surface area contributed by atoms with Crippen LogP contribution in [0.1, 0.15) is 62.3 Å². The molecule has 0 heterocycles. The smallest absolute Gasteiger partial charge is 0.340 e. The van der Waals surface area contributed by atoms with Gasteiger partial charge in [0.25, 0.3) is 0 Å². The molecule has 0 radical (unpaired) electrons. The minimum absolute atomic E-state index is 0. The monoisotopic (exact) mass is 282 g/mol. The van der Waals surface area contributed by atoms with Crippen LogP contribution in [0.5, 0.6) is 0 Å². The molecule has 0 N–H and O–H groups in total. The van der Waals surface area contributed by atoms with Crippen molar-refractivity contribution in [3.05, 3.63) is 35.4 Å². The summed E-state index contributed by atoms with van der Waals surface area (Å²) in [5, 5.41) is 0. The van der Waals surface area contributed by atoms with Crippen molar-refractivity contribution in [1.82, 2.24) is 0 Å². The van der Waals surface area contributed by atoms with E-state index in [1.54, 1.807) is 24.3 Å². The molecule has 20 heavy (non-hydrogen) atoms. The van der Waals surface area contributed by atoms with Crippen molar-refractivity contribution in [3.8, 4) is 0 Å². The average molecular weight is 282 g/mol. The van der Waals surface area contributed by atoms with Gasteiger partial charge in [-0.3, -0.25) is 4.79 Å². The molecule has 4 heteroatoms. The standard InChI is InChI=1S/C14H18O4.2CH4/c1-4-5-13(17-3)18-14(16)12-8-6-11(7-9-12)10(2)15;;/h6-9,13H,4-5H2,1-3H3;2*1H4. The Morgan fingerprint density at radius 3 is 2.00 bits per heavy atom. The molecule has 1 aromatic rings. The van der Waals surface area contributed by atoms with E-state index in [-0.39, 0.29) is 20.6 Å². The van der Waals surface area contributed by atoms with Crippen molar-refractivity contribution in [3.63, 3.8) is 0 Å². The summed E-state index contributed by atoms with van der Waals surface area (Å²) in [6, 6.07) is 6.39. The zero-order valence-electron chi connectivity index (χ0n) is 10.9. The molecular weight excluding hydrogens is 256 g/mol. The number of carbonyl (C=O) groups excluding carboxylic acids is 2. The molecule has 1 aromatic carbocycles. The summed E-state index contributed by atoms with van der Waals surface area (Å²) < 4.78 is 10.2. The molecule has 0 aliphatic carbocycles. The molecule has 114 valence electrons. The van der Waals surface area contributed by atoms with E-state index in [9.17, 15) is 9.59 Å². The van der Waals surface area contributed by atoms with Crippen LogP contribution >= 0.6 is 0 Å². The highest BCUT2D eigenvalue weighted by molar-refractivity contribution is 5.96. The fourth-order valence-corrected chi connectivity index (χ4v) is 1.49. The zero-order chi connectivity index (χ0) is 13.5. The van der Waals surface area contributed by atoms with Gasteiger partial charge in [-0.2, -0.15) is 0 Å². The van der Waals surface area contributed by atoms with Gasteiger partial charge in [0, 0.05) is 19.1 Å². The van der Waals surface area contributed by atoms with Crippen LogP contribution in [0.4, 0.5) is 0 Å². The second-order valence-corrected chi connectivity index (χ2v) is 3.99. The van der Waals surface area contributed by atoms with Gasteiger partial charge in [-0.15, -0.1) is 0 Å². The molecule has 0 fully saturated rings. The molecule has 0 aromatic heterocycles.